The van der Waals surface area contributed by atoms with E-state index in [9.17, 15) is 9.59 Å². The predicted octanol–water partition coefficient (Wildman–Crippen LogP) is 3.67. The topological polar surface area (TPSA) is 99.0 Å². The van der Waals surface area contributed by atoms with E-state index < -0.39 is 0 Å². The summed E-state index contributed by atoms with van der Waals surface area (Å²) in [5.41, 5.74) is 2.49. The Bertz CT molecular complexity index is 1160. The molecule has 4 heterocycles. The van der Waals surface area contributed by atoms with Crippen molar-refractivity contribution in [3.05, 3.63) is 35.0 Å². The average molecular weight is 489 g/mol. The summed E-state index contributed by atoms with van der Waals surface area (Å²) in [5, 5.41) is 6.77. The second-order valence-corrected chi connectivity index (χ2v) is 11.2. The number of hydrogen-bond donors (Lipinski definition) is 2. The van der Waals surface area contributed by atoms with Crippen LogP contribution in [-0.2, 0) is 9.59 Å². The number of nitrogens with one attached hydrogen (secondary N) is 2. The number of fused-ring (bicyclic) bond motifs is 3. The summed E-state index contributed by atoms with van der Waals surface area (Å²) in [4.78, 5) is 42.8. The van der Waals surface area contributed by atoms with E-state index in [4.69, 9.17) is 9.98 Å². The van der Waals surface area contributed by atoms with E-state index in [1.807, 2.05) is 24.1 Å². The number of aromatic nitrogens is 1. The van der Waals surface area contributed by atoms with Gasteiger partial charge in [-0.2, -0.15) is 4.99 Å². The first-order valence-electron chi connectivity index (χ1n) is 13.6. The SMILES string of the molecule is CC(=O)C1=C(C)C2C(=NC(Nc3ccc(C4CCNCC4)cn3)=N[C@H]3C2[C@H]3C)N(C2CCCC2)C1=O. The largest absolute Gasteiger partial charge is 0.317 e. The van der Waals surface area contributed by atoms with Crippen molar-refractivity contribution in [2.75, 3.05) is 18.4 Å². The van der Waals surface area contributed by atoms with Gasteiger partial charge < -0.3 is 10.6 Å². The van der Waals surface area contributed by atoms with Gasteiger partial charge in [0.05, 0.1) is 11.6 Å². The molecule has 1 aromatic rings. The first kappa shape index (κ1) is 23.5. The van der Waals surface area contributed by atoms with Gasteiger partial charge in [-0.25, -0.2) is 9.98 Å². The number of guanidine groups is 1. The summed E-state index contributed by atoms with van der Waals surface area (Å²) in [6, 6.07) is 4.38. The van der Waals surface area contributed by atoms with Crippen molar-refractivity contribution in [1.29, 1.82) is 0 Å². The summed E-state index contributed by atoms with van der Waals surface area (Å²) in [7, 11) is 0. The number of amidine groups is 1. The lowest BCUT2D eigenvalue weighted by Crippen LogP contribution is -2.52. The molecule has 2 N–H and O–H groups in total. The summed E-state index contributed by atoms with van der Waals surface area (Å²) in [6.45, 7) is 7.77. The van der Waals surface area contributed by atoms with Gasteiger partial charge in [-0.15, -0.1) is 0 Å². The number of carbonyl (C=O) groups is 2. The van der Waals surface area contributed by atoms with E-state index in [1.165, 1.54) is 12.5 Å². The molecule has 190 valence electrons. The maximum Gasteiger partial charge on any atom is 0.263 e. The Morgan fingerprint density at radius 3 is 2.56 bits per heavy atom. The molecule has 3 fully saturated rings. The third-order valence-electron chi connectivity index (χ3n) is 8.97. The normalized spacial score (nSPS) is 30.9. The van der Waals surface area contributed by atoms with Crippen LogP contribution in [-0.4, -0.2) is 58.5 Å². The van der Waals surface area contributed by atoms with Crippen LogP contribution in [0.5, 0.6) is 0 Å². The van der Waals surface area contributed by atoms with Gasteiger partial charge in [0, 0.05) is 18.2 Å². The molecule has 0 bridgehead atoms. The summed E-state index contributed by atoms with van der Waals surface area (Å²) >= 11 is 0. The van der Waals surface area contributed by atoms with Gasteiger partial charge in [0.15, 0.2) is 5.78 Å². The van der Waals surface area contributed by atoms with Crippen LogP contribution in [0.3, 0.4) is 0 Å². The number of pyridine rings is 1. The van der Waals surface area contributed by atoms with Crippen LogP contribution in [0.15, 0.2) is 39.5 Å². The second-order valence-electron chi connectivity index (χ2n) is 11.2. The van der Waals surface area contributed by atoms with Crippen LogP contribution in [0.2, 0.25) is 0 Å². The molecule has 2 aliphatic carbocycles. The molecule has 8 heteroatoms. The van der Waals surface area contributed by atoms with Crippen molar-refractivity contribution in [1.82, 2.24) is 15.2 Å². The number of amides is 1. The fraction of sp³-hybridized carbons (Fsp3) is 0.607. The van der Waals surface area contributed by atoms with Crippen molar-refractivity contribution in [2.45, 2.75) is 77.3 Å². The van der Waals surface area contributed by atoms with Crippen LogP contribution in [0, 0.1) is 17.8 Å². The Labute approximate surface area is 212 Å². The van der Waals surface area contributed by atoms with Crippen molar-refractivity contribution < 1.29 is 9.59 Å². The van der Waals surface area contributed by atoms with Crippen molar-refractivity contribution >= 4 is 29.3 Å². The molecule has 2 unspecified atom stereocenters. The molecule has 5 aliphatic rings. The van der Waals surface area contributed by atoms with Gasteiger partial charge >= 0.3 is 0 Å². The monoisotopic (exact) mass is 488 g/mol. The van der Waals surface area contributed by atoms with Gasteiger partial charge in [-0.3, -0.25) is 14.5 Å². The first-order valence-corrected chi connectivity index (χ1v) is 13.6. The highest BCUT2D eigenvalue weighted by Crippen LogP contribution is 2.53. The van der Waals surface area contributed by atoms with Gasteiger partial charge in [-0.1, -0.05) is 25.8 Å². The lowest BCUT2D eigenvalue weighted by atomic mass is 9.82. The number of carbonyl (C=O) groups excluding carboxylic acids is 2. The third-order valence-corrected chi connectivity index (χ3v) is 8.97. The van der Waals surface area contributed by atoms with Crippen molar-refractivity contribution in [2.24, 2.45) is 27.7 Å². The number of rotatable bonds is 4. The van der Waals surface area contributed by atoms with E-state index in [0.29, 0.717) is 29.2 Å². The van der Waals surface area contributed by atoms with Crippen LogP contribution in [0.1, 0.15) is 70.8 Å². The lowest BCUT2D eigenvalue weighted by Gasteiger charge is -2.39. The molecular formula is C28H36N6O2. The van der Waals surface area contributed by atoms with Gasteiger partial charge in [0.25, 0.3) is 5.91 Å². The van der Waals surface area contributed by atoms with E-state index >= 15 is 0 Å². The maximum absolute atomic E-state index is 13.7. The first-order chi connectivity index (χ1) is 17.4. The van der Waals surface area contributed by atoms with Crippen LogP contribution in [0.25, 0.3) is 0 Å². The molecular weight excluding hydrogens is 452 g/mol. The molecule has 6 rings (SSSR count). The number of hydrogen-bond acceptors (Lipinski definition) is 7. The molecule has 8 nitrogen and oxygen atoms in total. The summed E-state index contributed by atoms with van der Waals surface area (Å²) in [6.07, 6.45) is 8.33. The van der Waals surface area contributed by atoms with Crippen molar-refractivity contribution in [3.63, 3.8) is 0 Å². The van der Waals surface area contributed by atoms with Gasteiger partial charge in [-0.05, 0) is 87.6 Å². The van der Waals surface area contributed by atoms with Crippen LogP contribution in [0.4, 0.5) is 5.82 Å². The molecule has 36 heavy (non-hydrogen) atoms. The van der Waals surface area contributed by atoms with Gasteiger partial charge in [0.1, 0.15) is 11.7 Å². The van der Waals surface area contributed by atoms with Crippen LogP contribution < -0.4 is 10.6 Å². The molecule has 0 aromatic carbocycles. The average Bonchev–Trinajstić information content (AvgIpc) is 3.23. The summed E-state index contributed by atoms with van der Waals surface area (Å²) < 4.78 is 0. The smallest absolute Gasteiger partial charge is 0.263 e. The van der Waals surface area contributed by atoms with Crippen molar-refractivity contribution in [3.8, 4) is 0 Å². The molecule has 0 spiro atoms. The van der Waals surface area contributed by atoms with Gasteiger partial charge in [0.2, 0.25) is 5.96 Å². The number of anilines is 1. The van der Waals surface area contributed by atoms with E-state index in [1.54, 1.807) is 0 Å². The zero-order valence-electron chi connectivity index (χ0n) is 21.5. The fourth-order valence-corrected chi connectivity index (χ4v) is 6.93. The highest BCUT2D eigenvalue weighted by molar-refractivity contribution is 6.26. The predicted molar refractivity (Wildman–Crippen MR) is 140 cm³/mol. The minimum atomic E-state index is -0.183. The Hall–Kier alpha value is -2.87. The highest BCUT2D eigenvalue weighted by Gasteiger charge is 2.58. The van der Waals surface area contributed by atoms with Crippen LogP contribution >= 0.6 is 0 Å². The van der Waals surface area contributed by atoms with E-state index in [0.717, 1.165) is 63.0 Å². The quantitative estimate of drug-likeness (QED) is 0.630. The Morgan fingerprint density at radius 1 is 1.14 bits per heavy atom. The maximum atomic E-state index is 13.7. The molecule has 1 amide bonds. The fourth-order valence-electron chi connectivity index (χ4n) is 6.93. The zero-order valence-corrected chi connectivity index (χ0v) is 21.5. The number of aliphatic imine (C=N–C) groups is 2. The lowest BCUT2D eigenvalue weighted by molar-refractivity contribution is -0.128. The Balaban J connectivity index is 1.34. The number of Topliss-reactive ketones (excluding diaryl/α,β-unsaturated/α-hetero) is 1. The molecule has 3 aliphatic heterocycles. The standard InChI is InChI=1S/C28H36N6O2/c1-15-22(17(3)35)27(36)34(20-6-4-5-7-20)26-24(15)23-16(2)25(23)32-28(33-26)31-21-9-8-19(14-30-21)18-10-12-29-13-11-18/h8-9,14,16,18,20,23-25,29H,4-7,10-13H2,1-3H3,(H,30,31,32)/t16-,23?,24?,25-/m1/s1. The molecule has 1 saturated heterocycles. The number of nitrogens with zero attached hydrogens (tertiary/aromatic N) is 4. The Morgan fingerprint density at radius 2 is 1.89 bits per heavy atom. The summed E-state index contributed by atoms with van der Waals surface area (Å²) in [5.74, 6) is 2.79. The molecule has 4 atom stereocenters. The highest BCUT2D eigenvalue weighted by atomic mass is 16.2. The molecule has 1 aromatic heterocycles. The zero-order chi connectivity index (χ0) is 25.0. The minimum absolute atomic E-state index is 0.0551. The molecule has 2 saturated carbocycles. The Kier molecular flexibility index (Phi) is 6.02. The second kappa shape index (κ2) is 9.21. The number of ketones is 1. The third kappa shape index (κ3) is 3.99. The van der Waals surface area contributed by atoms with E-state index in [-0.39, 0.29) is 35.6 Å². The minimum Gasteiger partial charge on any atom is -0.317 e. The van der Waals surface area contributed by atoms with E-state index in [2.05, 4.69) is 28.6 Å². The number of piperidine rings is 1. The molecule has 0 radical (unpaired) electrons.